The summed E-state index contributed by atoms with van der Waals surface area (Å²) in [5, 5.41) is 0. The summed E-state index contributed by atoms with van der Waals surface area (Å²) in [5.41, 5.74) is 18.8. The molecule has 88 heavy (non-hydrogen) atoms. The highest BCUT2D eigenvalue weighted by atomic mass is 15.3. The Kier molecular flexibility index (Phi) is 14.2. The van der Waals surface area contributed by atoms with Crippen LogP contribution in [0.2, 0.25) is 0 Å². The first-order valence-corrected chi connectivity index (χ1v) is 29.9. The Hall–Kier alpha value is -11.0. The molecule has 3 aromatic heterocycles. The molecule has 0 fully saturated rings. The molecule has 13 aromatic rings. The highest BCUT2D eigenvalue weighted by Crippen LogP contribution is 2.58. The van der Waals surface area contributed by atoms with Crippen molar-refractivity contribution in [3.8, 4) is 102 Å². The second kappa shape index (κ2) is 22.8. The molecule has 0 bridgehead atoms. The Bertz CT molecular complexity index is 4430. The zero-order valence-electron chi connectivity index (χ0n) is 50.0. The van der Waals surface area contributed by atoms with Crippen molar-refractivity contribution in [1.29, 1.82) is 0 Å². The molecule has 0 radical (unpaired) electrons. The average molecular weight is 1140 g/mol. The minimum Gasteiger partial charge on any atom is -0.305 e. The van der Waals surface area contributed by atoms with E-state index in [-0.39, 0.29) is 10.8 Å². The molecule has 1 aliphatic heterocycles. The fourth-order valence-corrected chi connectivity index (χ4v) is 11.5. The molecule has 1 aliphatic rings. The summed E-state index contributed by atoms with van der Waals surface area (Å²) in [6.07, 6.45) is 0. The van der Waals surface area contributed by atoms with E-state index < -0.39 is 0 Å². The van der Waals surface area contributed by atoms with Gasteiger partial charge in [-0.3, -0.25) is 4.90 Å². The van der Waals surface area contributed by atoms with Crippen molar-refractivity contribution in [2.75, 3.05) is 9.80 Å². The van der Waals surface area contributed by atoms with E-state index in [9.17, 15) is 0 Å². The van der Waals surface area contributed by atoms with Gasteiger partial charge >= 0.3 is 0 Å². The van der Waals surface area contributed by atoms with Crippen LogP contribution in [0, 0.1) is 0 Å². The maximum Gasteiger partial charge on any atom is 0.238 e. The number of aromatic nitrogens is 7. The molecule has 10 aromatic carbocycles. The average Bonchev–Trinajstić information content (AvgIpc) is 0.900. The molecule has 424 valence electrons. The first kappa shape index (κ1) is 54.9. The Morgan fingerprint density at radius 2 is 0.545 bits per heavy atom. The van der Waals surface area contributed by atoms with E-state index in [1.165, 1.54) is 11.1 Å². The fourth-order valence-electron chi connectivity index (χ4n) is 11.5. The Morgan fingerprint density at radius 1 is 0.239 bits per heavy atom. The number of rotatable bonds is 11. The lowest BCUT2D eigenvalue weighted by atomic mass is 9.78. The van der Waals surface area contributed by atoms with E-state index in [2.05, 4.69) is 227 Å². The molecule has 0 aliphatic carbocycles. The summed E-state index contributed by atoms with van der Waals surface area (Å²) in [6, 6.07) is 94.8. The normalized spacial score (nSPS) is 12.2. The Morgan fingerprint density at radius 3 is 0.932 bits per heavy atom. The molecular weight excluding hydrogens is 1070 g/mol. The number of para-hydroxylation sites is 4. The van der Waals surface area contributed by atoms with Crippen molar-refractivity contribution in [2.24, 2.45) is 0 Å². The lowest BCUT2D eigenvalue weighted by Crippen LogP contribution is -2.26. The molecule has 9 heteroatoms. The fraction of sp³-hybridized carbons (Fsp3) is 0.101. The third-order valence-electron chi connectivity index (χ3n) is 16.2. The van der Waals surface area contributed by atoms with Gasteiger partial charge in [0.25, 0.3) is 0 Å². The van der Waals surface area contributed by atoms with Crippen LogP contribution in [0.15, 0.2) is 273 Å². The smallest absolute Gasteiger partial charge is 0.238 e. The van der Waals surface area contributed by atoms with E-state index >= 15 is 0 Å². The van der Waals surface area contributed by atoms with Crippen molar-refractivity contribution >= 4 is 34.4 Å². The Labute approximate surface area is 514 Å². The van der Waals surface area contributed by atoms with Crippen LogP contribution in [0.1, 0.15) is 52.7 Å². The van der Waals surface area contributed by atoms with Gasteiger partial charge in [0, 0.05) is 50.1 Å². The van der Waals surface area contributed by atoms with Crippen molar-refractivity contribution in [2.45, 2.75) is 52.4 Å². The molecule has 14 rings (SSSR count). The van der Waals surface area contributed by atoms with Gasteiger partial charge < -0.3 is 4.90 Å². The molecule has 0 saturated carbocycles. The molecule has 0 atom stereocenters. The van der Waals surface area contributed by atoms with Crippen molar-refractivity contribution in [3.05, 3.63) is 284 Å². The second-order valence-corrected chi connectivity index (χ2v) is 24.3. The van der Waals surface area contributed by atoms with Crippen LogP contribution in [0.25, 0.3) is 102 Å². The van der Waals surface area contributed by atoms with Crippen LogP contribution in [0.3, 0.4) is 0 Å². The van der Waals surface area contributed by atoms with Crippen LogP contribution in [-0.2, 0) is 10.8 Å². The van der Waals surface area contributed by atoms with Gasteiger partial charge in [-0.1, -0.05) is 266 Å². The van der Waals surface area contributed by atoms with Gasteiger partial charge in [0.2, 0.25) is 5.95 Å². The molecule has 0 amide bonds. The molecule has 0 N–H and O–H groups in total. The predicted molar refractivity (Wildman–Crippen MR) is 360 cm³/mol. The van der Waals surface area contributed by atoms with Gasteiger partial charge in [0.1, 0.15) is 0 Å². The zero-order chi connectivity index (χ0) is 59.9. The van der Waals surface area contributed by atoms with Crippen LogP contribution in [0.5, 0.6) is 0 Å². The van der Waals surface area contributed by atoms with Crippen molar-refractivity contribution in [1.82, 2.24) is 34.9 Å². The highest BCUT2D eigenvalue weighted by molar-refractivity contribution is 6.07. The molecule has 0 unspecified atom stereocenters. The third kappa shape index (κ3) is 10.8. The zero-order valence-corrected chi connectivity index (χ0v) is 50.0. The van der Waals surface area contributed by atoms with Crippen LogP contribution < -0.4 is 9.80 Å². The first-order chi connectivity index (χ1) is 42.9. The number of hydrogen-bond acceptors (Lipinski definition) is 9. The van der Waals surface area contributed by atoms with Gasteiger partial charge in [-0.15, -0.1) is 0 Å². The van der Waals surface area contributed by atoms with Gasteiger partial charge in [0.15, 0.2) is 23.3 Å². The van der Waals surface area contributed by atoms with E-state index in [1.54, 1.807) is 0 Å². The molecular formula is C79H63N9. The summed E-state index contributed by atoms with van der Waals surface area (Å²) in [4.78, 5) is 42.7. The minimum atomic E-state index is -0.220. The van der Waals surface area contributed by atoms with Gasteiger partial charge in [0.05, 0.1) is 51.2 Å². The van der Waals surface area contributed by atoms with Gasteiger partial charge in [-0.2, -0.15) is 9.97 Å². The van der Waals surface area contributed by atoms with Crippen LogP contribution >= 0.6 is 0 Å². The molecule has 4 heterocycles. The van der Waals surface area contributed by atoms with Crippen molar-refractivity contribution in [3.63, 3.8) is 0 Å². The Balaban J connectivity index is 1.12. The quantitative estimate of drug-likeness (QED) is 0.125. The van der Waals surface area contributed by atoms with E-state index in [0.717, 1.165) is 101 Å². The predicted octanol–water partition coefficient (Wildman–Crippen LogP) is 20.3. The molecule has 0 saturated heterocycles. The SMILES string of the molecule is CC(C)(C)c1cc(-c2cc(-c3nc(-c4ccccc4)cc(-c4ccccc4)n3)cc(-c3cc(-c4ccccc4)nc(-c4ccccc4)n3)c2N2c3ccccc3N(c3nc(-c4ccccc4)nc(-c4ccccc4)n3)c3ccccc32)cc(C(C)(C)C)c1. The van der Waals surface area contributed by atoms with Crippen LogP contribution in [-0.4, -0.2) is 34.9 Å². The summed E-state index contributed by atoms with van der Waals surface area (Å²) in [7, 11) is 0. The second-order valence-electron chi connectivity index (χ2n) is 24.3. The molecule has 0 spiro atoms. The maximum atomic E-state index is 5.70. The summed E-state index contributed by atoms with van der Waals surface area (Å²) >= 11 is 0. The van der Waals surface area contributed by atoms with Gasteiger partial charge in [-0.05, 0) is 76.1 Å². The first-order valence-electron chi connectivity index (χ1n) is 29.9. The largest absolute Gasteiger partial charge is 0.305 e. The van der Waals surface area contributed by atoms with Crippen LogP contribution in [0.4, 0.5) is 34.4 Å². The van der Waals surface area contributed by atoms with Crippen molar-refractivity contribution < 1.29 is 0 Å². The summed E-state index contributed by atoms with van der Waals surface area (Å²) < 4.78 is 0. The monoisotopic (exact) mass is 1140 g/mol. The number of nitrogens with zero attached hydrogens (tertiary/aromatic N) is 9. The number of benzene rings is 10. The minimum absolute atomic E-state index is 0.220. The number of fused-ring (bicyclic) bond motifs is 2. The number of hydrogen-bond donors (Lipinski definition) is 0. The highest BCUT2D eigenvalue weighted by Gasteiger charge is 2.36. The number of anilines is 6. The third-order valence-corrected chi connectivity index (χ3v) is 16.2. The van der Waals surface area contributed by atoms with E-state index in [1.807, 2.05) is 97.1 Å². The van der Waals surface area contributed by atoms with E-state index in [4.69, 9.17) is 34.9 Å². The topological polar surface area (TPSA) is 96.7 Å². The lowest BCUT2D eigenvalue weighted by molar-refractivity contribution is 0.569. The van der Waals surface area contributed by atoms with Gasteiger partial charge in [-0.25, -0.2) is 24.9 Å². The lowest BCUT2D eigenvalue weighted by Gasteiger charge is -2.41. The summed E-state index contributed by atoms with van der Waals surface area (Å²) in [5.74, 6) is 2.78. The maximum absolute atomic E-state index is 5.70. The summed E-state index contributed by atoms with van der Waals surface area (Å²) in [6.45, 7) is 13.8. The molecule has 9 nitrogen and oxygen atoms in total. The van der Waals surface area contributed by atoms with E-state index in [0.29, 0.717) is 34.9 Å². The standard InChI is InChI=1S/C79H63N9/c1-78(2,3)60-45-58(46-61(49-60)79(4,5)6)62-47-59(76-81-64(52-29-13-7-14-30-52)50-65(82-76)53-31-15-8-16-32-53)48-63(67-51-66(54-33-17-9-18-34-54)80-73(83-67)55-35-19-10-20-36-55)72(62)87-68-41-25-27-43-70(68)88(71-44-28-26-42-69(71)87)77-85-74(56-37-21-11-22-38-56)84-75(86-77)57-39-23-12-24-40-57/h7-51H,1-6H3.